The summed E-state index contributed by atoms with van der Waals surface area (Å²) in [6, 6.07) is 7.63. The number of halogens is 1. The summed E-state index contributed by atoms with van der Waals surface area (Å²) in [4.78, 5) is 25.1. The molecule has 1 aliphatic rings. The zero-order valence-electron chi connectivity index (χ0n) is 14.2. The van der Waals surface area contributed by atoms with Gasteiger partial charge in [0.2, 0.25) is 0 Å². The molecule has 1 fully saturated rings. The summed E-state index contributed by atoms with van der Waals surface area (Å²) in [5, 5.41) is 13.1. The topological polar surface area (TPSA) is 84.7 Å². The van der Waals surface area contributed by atoms with Crippen molar-refractivity contribution in [3.8, 4) is 5.69 Å². The molecule has 1 saturated heterocycles. The third-order valence-corrected chi connectivity index (χ3v) is 4.24. The highest BCUT2D eigenvalue weighted by Gasteiger charge is 2.25. The molecular weight excluding hydrogens is 341 g/mol. The SMILES string of the molecule is O=C(O)CCN(C[C@@H]1CCCO1)C(=O)c1ccn(-c2ccccc2F)n1. The van der Waals surface area contributed by atoms with E-state index in [4.69, 9.17) is 9.84 Å². The fourth-order valence-corrected chi connectivity index (χ4v) is 2.91. The van der Waals surface area contributed by atoms with Crippen molar-refractivity contribution in [1.29, 1.82) is 0 Å². The number of para-hydroxylation sites is 1. The number of hydrogen-bond donors (Lipinski definition) is 1. The first kappa shape index (κ1) is 18.1. The van der Waals surface area contributed by atoms with E-state index in [1.165, 1.54) is 27.9 Å². The van der Waals surface area contributed by atoms with Crippen molar-refractivity contribution in [2.45, 2.75) is 25.4 Å². The summed E-state index contributed by atoms with van der Waals surface area (Å²) in [7, 11) is 0. The average Bonchev–Trinajstić information content (AvgIpc) is 3.30. The first-order valence-corrected chi connectivity index (χ1v) is 8.48. The third kappa shape index (κ3) is 4.26. The van der Waals surface area contributed by atoms with Crippen LogP contribution in [-0.4, -0.2) is 57.5 Å². The molecule has 8 heteroatoms. The lowest BCUT2D eigenvalue weighted by molar-refractivity contribution is -0.137. The van der Waals surface area contributed by atoms with Crippen LogP contribution in [0.25, 0.3) is 5.69 Å². The first-order chi connectivity index (χ1) is 12.5. The van der Waals surface area contributed by atoms with Crippen molar-refractivity contribution in [2.75, 3.05) is 19.7 Å². The molecule has 1 aromatic carbocycles. The Bertz CT molecular complexity index is 786. The molecule has 1 N–H and O–H groups in total. The summed E-state index contributed by atoms with van der Waals surface area (Å²) in [6.07, 6.45) is 3.01. The van der Waals surface area contributed by atoms with E-state index in [1.807, 2.05) is 0 Å². The number of benzene rings is 1. The Morgan fingerprint density at radius 1 is 1.35 bits per heavy atom. The maximum absolute atomic E-state index is 13.9. The minimum absolute atomic E-state index is 0.0700. The summed E-state index contributed by atoms with van der Waals surface area (Å²) in [6.45, 7) is 1.03. The lowest BCUT2D eigenvalue weighted by Crippen LogP contribution is -2.39. The highest BCUT2D eigenvalue weighted by atomic mass is 19.1. The van der Waals surface area contributed by atoms with Gasteiger partial charge in [0.15, 0.2) is 5.69 Å². The number of aliphatic carboxylic acids is 1. The van der Waals surface area contributed by atoms with Crippen LogP contribution in [0, 0.1) is 5.82 Å². The highest BCUT2D eigenvalue weighted by Crippen LogP contribution is 2.16. The van der Waals surface area contributed by atoms with Crippen molar-refractivity contribution in [3.63, 3.8) is 0 Å². The predicted molar refractivity (Wildman–Crippen MR) is 90.7 cm³/mol. The van der Waals surface area contributed by atoms with Gasteiger partial charge in [0, 0.05) is 25.9 Å². The summed E-state index contributed by atoms with van der Waals surface area (Å²) < 4.78 is 20.7. The Balaban J connectivity index is 1.77. The van der Waals surface area contributed by atoms with E-state index in [-0.39, 0.29) is 30.5 Å². The van der Waals surface area contributed by atoms with Crippen LogP contribution >= 0.6 is 0 Å². The van der Waals surface area contributed by atoms with Gasteiger partial charge in [0.05, 0.1) is 12.5 Å². The number of carbonyl (C=O) groups is 2. The number of rotatable bonds is 7. The Morgan fingerprint density at radius 3 is 2.85 bits per heavy atom. The Hall–Kier alpha value is -2.74. The number of ether oxygens (including phenoxy) is 1. The minimum atomic E-state index is -0.980. The third-order valence-electron chi connectivity index (χ3n) is 4.24. The number of amides is 1. The second-order valence-corrected chi connectivity index (χ2v) is 6.13. The van der Waals surface area contributed by atoms with Crippen LogP contribution < -0.4 is 0 Å². The molecule has 1 amide bonds. The van der Waals surface area contributed by atoms with Crippen LogP contribution in [0.1, 0.15) is 29.8 Å². The molecule has 0 radical (unpaired) electrons. The molecule has 2 heterocycles. The van der Waals surface area contributed by atoms with Crippen LogP contribution in [0.4, 0.5) is 4.39 Å². The van der Waals surface area contributed by atoms with E-state index in [0.29, 0.717) is 13.2 Å². The quantitative estimate of drug-likeness (QED) is 0.816. The summed E-state index contributed by atoms with van der Waals surface area (Å²) in [5.74, 6) is -1.82. The molecule has 1 atom stereocenters. The number of aromatic nitrogens is 2. The standard InChI is InChI=1S/C18H20FN3O4/c19-14-5-1-2-6-16(14)22-10-7-15(20-22)18(25)21(9-8-17(23)24)12-13-4-3-11-26-13/h1-2,5-7,10,13H,3-4,8-9,11-12H2,(H,23,24)/t13-/m0/s1. The minimum Gasteiger partial charge on any atom is -0.481 e. The molecular formula is C18H20FN3O4. The van der Waals surface area contributed by atoms with Crippen molar-refractivity contribution in [3.05, 3.63) is 48.0 Å². The molecule has 0 aliphatic carbocycles. The van der Waals surface area contributed by atoms with Gasteiger partial charge in [-0.05, 0) is 31.0 Å². The smallest absolute Gasteiger partial charge is 0.305 e. The van der Waals surface area contributed by atoms with Gasteiger partial charge >= 0.3 is 5.97 Å². The lowest BCUT2D eigenvalue weighted by atomic mass is 10.2. The Kier molecular flexibility index (Phi) is 5.62. The van der Waals surface area contributed by atoms with Gasteiger partial charge in [-0.1, -0.05) is 12.1 Å². The molecule has 0 bridgehead atoms. The van der Waals surface area contributed by atoms with Crippen LogP contribution in [-0.2, 0) is 9.53 Å². The number of carbonyl (C=O) groups excluding carboxylic acids is 1. The monoisotopic (exact) mass is 361 g/mol. The maximum atomic E-state index is 13.9. The average molecular weight is 361 g/mol. The van der Waals surface area contributed by atoms with Gasteiger partial charge in [0.25, 0.3) is 5.91 Å². The second-order valence-electron chi connectivity index (χ2n) is 6.13. The molecule has 0 unspecified atom stereocenters. The summed E-state index contributed by atoms with van der Waals surface area (Å²) in [5.41, 5.74) is 0.374. The molecule has 3 rings (SSSR count). The van der Waals surface area contributed by atoms with E-state index in [9.17, 15) is 14.0 Å². The van der Waals surface area contributed by atoms with Gasteiger partial charge in [-0.15, -0.1) is 0 Å². The largest absolute Gasteiger partial charge is 0.481 e. The van der Waals surface area contributed by atoms with E-state index in [1.54, 1.807) is 18.2 Å². The van der Waals surface area contributed by atoms with Gasteiger partial charge in [-0.25, -0.2) is 9.07 Å². The number of nitrogens with zero attached hydrogens (tertiary/aromatic N) is 3. The zero-order chi connectivity index (χ0) is 18.5. The van der Waals surface area contributed by atoms with Crippen LogP contribution in [0.15, 0.2) is 36.5 Å². The van der Waals surface area contributed by atoms with Crippen LogP contribution in [0.3, 0.4) is 0 Å². The van der Waals surface area contributed by atoms with Crippen molar-refractivity contribution in [2.24, 2.45) is 0 Å². The van der Waals surface area contributed by atoms with Crippen molar-refractivity contribution in [1.82, 2.24) is 14.7 Å². The van der Waals surface area contributed by atoms with Crippen LogP contribution in [0.5, 0.6) is 0 Å². The molecule has 138 valence electrons. The predicted octanol–water partition coefficient (Wildman–Crippen LogP) is 2.11. The number of hydrogen-bond acceptors (Lipinski definition) is 4. The van der Waals surface area contributed by atoms with Gasteiger partial charge < -0.3 is 14.7 Å². The van der Waals surface area contributed by atoms with Crippen molar-refractivity contribution < 1.29 is 23.8 Å². The van der Waals surface area contributed by atoms with E-state index < -0.39 is 17.7 Å². The second kappa shape index (κ2) is 8.09. The zero-order valence-corrected chi connectivity index (χ0v) is 14.2. The normalized spacial score (nSPS) is 16.6. The Morgan fingerprint density at radius 2 is 2.15 bits per heavy atom. The fraction of sp³-hybridized carbons (Fsp3) is 0.389. The Labute approximate surface area is 150 Å². The molecule has 1 aromatic heterocycles. The molecule has 26 heavy (non-hydrogen) atoms. The maximum Gasteiger partial charge on any atom is 0.305 e. The molecule has 1 aliphatic heterocycles. The summed E-state index contributed by atoms with van der Waals surface area (Å²) >= 11 is 0. The number of carboxylic acid groups (broad SMARTS) is 1. The highest BCUT2D eigenvalue weighted by molar-refractivity contribution is 5.92. The van der Waals surface area contributed by atoms with E-state index in [2.05, 4.69) is 5.10 Å². The first-order valence-electron chi connectivity index (χ1n) is 8.48. The van der Waals surface area contributed by atoms with Crippen LogP contribution in [0.2, 0.25) is 0 Å². The fourth-order valence-electron chi connectivity index (χ4n) is 2.91. The van der Waals surface area contributed by atoms with Gasteiger partial charge in [0.1, 0.15) is 11.5 Å². The van der Waals surface area contributed by atoms with Gasteiger partial charge in [-0.2, -0.15) is 5.10 Å². The molecule has 7 nitrogen and oxygen atoms in total. The lowest BCUT2D eigenvalue weighted by Gasteiger charge is -2.24. The number of carboxylic acids is 1. The molecule has 0 spiro atoms. The van der Waals surface area contributed by atoms with E-state index >= 15 is 0 Å². The molecule has 0 saturated carbocycles. The van der Waals surface area contributed by atoms with Gasteiger partial charge in [-0.3, -0.25) is 9.59 Å². The van der Waals surface area contributed by atoms with E-state index in [0.717, 1.165) is 12.8 Å². The molecule has 2 aromatic rings. The van der Waals surface area contributed by atoms with Crippen molar-refractivity contribution >= 4 is 11.9 Å².